The largest absolute Gasteiger partial charge is 0.294 e. The van der Waals surface area contributed by atoms with E-state index in [0.717, 1.165) is 0 Å². The van der Waals surface area contributed by atoms with Crippen molar-refractivity contribution < 1.29 is 19.8 Å². The van der Waals surface area contributed by atoms with Crippen LogP contribution in [-0.2, 0) is 10.1 Å². The molecule has 0 aliphatic heterocycles. The van der Waals surface area contributed by atoms with Gasteiger partial charge in [0.05, 0.1) is 11.7 Å². The molecule has 3 nitrogen and oxygen atoms in total. The predicted molar refractivity (Wildman–Crippen MR) is 36.3 cm³/mol. The summed E-state index contributed by atoms with van der Waals surface area (Å²) in [5, 5.41) is 0. The van der Waals surface area contributed by atoms with Crippen LogP contribution in [0.4, 0.5) is 0 Å². The lowest BCUT2D eigenvalue weighted by Gasteiger charge is -1.92. The Labute approximate surface area is 66.1 Å². The average molecular weight is 163 g/mol. The van der Waals surface area contributed by atoms with Gasteiger partial charge in [0.25, 0.3) is 10.1 Å². The van der Waals surface area contributed by atoms with E-state index in [2.05, 4.69) is 0 Å². The number of benzene rings is 1. The van der Waals surface area contributed by atoms with Crippen molar-refractivity contribution in [3.8, 4) is 0 Å². The molecule has 0 amide bonds. The monoisotopic (exact) mass is 163 g/mol. The maximum absolute atomic E-state index is 10.8. The van der Waals surface area contributed by atoms with E-state index < -0.39 is 45.2 Å². The van der Waals surface area contributed by atoms with E-state index in [-0.39, 0.29) is 0 Å². The van der Waals surface area contributed by atoms with Crippen LogP contribution in [0.15, 0.2) is 35.1 Å². The van der Waals surface area contributed by atoms with Gasteiger partial charge in [0.1, 0.15) is 0 Å². The van der Waals surface area contributed by atoms with Gasteiger partial charge in [0.2, 0.25) is 0 Å². The fourth-order valence-corrected chi connectivity index (χ4v) is 0.728. The van der Waals surface area contributed by atoms with E-state index in [1.165, 1.54) is 0 Å². The topological polar surface area (TPSA) is 54.4 Å². The molecule has 0 aromatic heterocycles. The molecular formula is C6H6O3S. The zero-order valence-electron chi connectivity index (χ0n) is 9.67. The van der Waals surface area contributed by atoms with Crippen LogP contribution in [0, 0.1) is 0 Å². The van der Waals surface area contributed by atoms with Gasteiger partial charge in [-0.25, -0.2) is 0 Å². The van der Waals surface area contributed by atoms with Crippen LogP contribution in [0.2, 0.25) is 0 Å². The van der Waals surface area contributed by atoms with Crippen molar-refractivity contribution in [3.05, 3.63) is 30.2 Å². The van der Waals surface area contributed by atoms with Crippen molar-refractivity contribution in [1.29, 1.82) is 0 Å². The molecule has 0 unspecified atom stereocenters. The van der Waals surface area contributed by atoms with Crippen LogP contribution in [0.25, 0.3) is 0 Å². The fourth-order valence-electron chi connectivity index (χ4n) is 0.368. The Morgan fingerprint density at radius 2 is 1.80 bits per heavy atom. The zero-order valence-corrected chi connectivity index (χ0v) is 5.49. The van der Waals surface area contributed by atoms with Crippen molar-refractivity contribution in [2.24, 2.45) is 0 Å². The molecule has 1 rings (SSSR count). The summed E-state index contributed by atoms with van der Waals surface area (Å²) in [5.41, 5.74) is 0. The molecule has 0 fully saturated rings. The van der Waals surface area contributed by atoms with Gasteiger partial charge in [-0.15, -0.1) is 0 Å². The molecule has 0 saturated carbocycles. The molecule has 4 heteroatoms. The number of hydrogen-bond donors (Lipinski definition) is 1. The van der Waals surface area contributed by atoms with Crippen molar-refractivity contribution in [3.63, 3.8) is 0 Å². The van der Waals surface area contributed by atoms with E-state index in [4.69, 9.17) is 11.4 Å². The van der Waals surface area contributed by atoms with Crippen molar-refractivity contribution in [1.82, 2.24) is 0 Å². The quantitative estimate of drug-likeness (QED) is 0.627. The summed E-state index contributed by atoms with van der Waals surface area (Å²) >= 11 is 0. The Morgan fingerprint density at radius 3 is 2.20 bits per heavy atom. The molecule has 0 spiro atoms. The maximum atomic E-state index is 10.8. The lowest BCUT2D eigenvalue weighted by molar-refractivity contribution is 0.483. The summed E-state index contributed by atoms with van der Waals surface area (Å²) in [4.78, 5) is -1.10. The van der Waals surface area contributed by atoms with E-state index in [9.17, 15) is 8.42 Å². The summed E-state index contributed by atoms with van der Waals surface area (Å²) in [7, 11) is -4.82. The van der Waals surface area contributed by atoms with E-state index in [1.54, 1.807) is 0 Å². The molecule has 1 N–H and O–H groups in total. The van der Waals surface area contributed by atoms with Crippen LogP contribution in [0.5, 0.6) is 0 Å². The maximum Gasteiger partial charge on any atom is 0.294 e. The van der Waals surface area contributed by atoms with E-state index >= 15 is 0 Å². The number of hydrogen-bond acceptors (Lipinski definition) is 2. The van der Waals surface area contributed by atoms with Gasteiger partial charge < -0.3 is 0 Å². The smallest absolute Gasteiger partial charge is 0.282 e. The molecule has 0 bridgehead atoms. The minimum absolute atomic E-state index is 0.711. The Hall–Kier alpha value is -0.870. The van der Waals surface area contributed by atoms with Gasteiger partial charge in [-0.1, -0.05) is 18.1 Å². The Morgan fingerprint density at radius 1 is 1.30 bits per heavy atom. The Bertz CT molecular complexity index is 495. The first kappa shape index (κ1) is 3.02. The molecular weight excluding hydrogens is 152 g/mol. The third kappa shape index (κ3) is 1.55. The highest BCUT2D eigenvalue weighted by Gasteiger charge is 2.05. The summed E-state index contributed by atoms with van der Waals surface area (Å²) in [6.07, 6.45) is 0. The molecule has 0 saturated heterocycles. The van der Waals surface area contributed by atoms with Crippen molar-refractivity contribution in [2.45, 2.75) is 4.90 Å². The third-order valence-electron chi connectivity index (χ3n) is 0.735. The molecule has 1 aromatic rings. The highest BCUT2D eigenvalue weighted by Crippen LogP contribution is 2.05. The minimum atomic E-state index is -4.82. The third-order valence-corrected chi connectivity index (χ3v) is 1.46. The first-order valence-corrected chi connectivity index (χ1v) is 3.66. The van der Waals surface area contributed by atoms with Crippen molar-refractivity contribution in [2.75, 3.05) is 0 Å². The van der Waals surface area contributed by atoms with E-state index in [1.807, 2.05) is 0 Å². The van der Waals surface area contributed by atoms with Gasteiger partial charge in [-0.3, -0.25) is 4.55 Å². The highest BCUT2D eigenvalue weighted by atomic mass is 32.2. The first-order chi connectivity index (χ1) is 6.68. The molecule has 0 aliphatic carbocycles. The van der Waals surface area contributed by atoms with Gasteiger partial charge in [-0.2, -0.15) is 8.42 Å². The second kappa shape index (κ2) is 2.40. The fraction of sp³-hybridized carbons (Fsp3) is 0. The SMILES string of the molecule is [2H]c1c([2H])c([2H])c(S(=O)(=O)O)c([2H])c1[2H]. The molecule has 0 aliphatic rings. The minimum Gasteiger partial charge on any atom is -0.282 e. The van der Waals surface area contributed by atoms with Crippen LogP contribution in [-0.4, -0.2) is 13.0 Å². The molecule has 0 atom stereocenters. The van der Waals surface area contributed by atoms with Crippen LogP contribution < -0.4 is 0 Å². The summed E-state index contributed by atoms with van der Waals surface area (Å²) in [5.74, 6) is 0. The van der Waals surface area contributed by atoms with Crippen LogP contribution >= 0.6 is 0 Å². The Kier molecular flexibility index (Phi) is 0.725. The standard InChI is InChI=1S/C6H6O3S/c7-10(8,9)6-4-2-1-3-5-6/h1-5H,(H,7,8,9)/i1D,2D,3D,4D,5D. The van der Waals surface area contributed by atoms with Crippen molar-refractivity contribution >= 4 is 10.1 Å². The molecule has 54 valence electrons. The Balaban J connectivity index is 3.84. The first-order valence-electron chi connectivity index (χ1n) is 4.72. The van der Waals surface area contributed by atoms with Crippen LogP contribution in [0.1, 0.15) is 6.85 Å². The lowest BCUT2D eigenvalue weighted by atomic mass is 10.4. The highest BCUT2D eigenvalue weighted by molar-refractivity contribution is 7.85. The second-order valence-electron chi connectivity index (χ2n) is 1.43. The molecule has 0 heterocycles. The summed E-state index contributed by atoms with van der Waals surface area (Å²) < 4.78 is 66.0. The summed E-state index contributed by atoms with van der Waals surface area (Å²) in [6.45, 7) is 0. The number of rotatable bonds is 1. The molecule has 1 aromatic carbocycles. The summed E-state index contributed by atoms with van der Waals surface area (Å²) in [6, 6.07) is -4.20. The van der Waals surface area contributed by atoms with Gasteiger partial charge >= 0.3 is 0 Å². The van der Waals surface area contributed by atoms with Gasteiger partial charge in [0.15, 0.2) is 0 Å². The van der Waals surface area contributed by atoms with Crippen LogP contribution in [0.3, 0.4) is 0 Å². The zero-order chi connectivity index (χ0) is 12.0. The second-order valence-corrected chi connectivity index (χ2v) is 2.79. The lowest BCUT2D eigenvalue weighted by Crippen LogP contribution is -1.96. The van der Waals surface area contributed by atoms with E-state index in [0.29, 0.717) is 0 Å². The molecule has 10 heavy (non-hydrogen) atoms. The van der Waals surface area contributed by atoms with Gasteiger partial charge in [-0.05, 0) is 12.1 Å². The molecule has 0 radical (unpaired) electrons. The predicted octanol–water partition coefficient (Wildman–Crippen LogP) is 0.933. The normalized spacial score (nSPS) is 18.3. The average Bonchev–Trinajstić information content (AvgIpc) is 2.09. The van der Waals surface area contributed by atoms with Gasteiger partial charge in [0, 0.05) is 0 Å².